The second-order valence-corrected chi connectivity index (χ2v) is 4.20. The average molecular weight is 202 g/mol. The molecule has 0 aromatic carbocycles. The Kier molecular flexibility index (Phi) is 2.12. The van der Waals surface area contributed by atoms with Crippen LogP contribution in [0.15, 0.2) is 18.9 Å². The van der Waals surface area contributed by atoms with Crippen molar-refractivity contribution < 1.29 is 0 Å². The van der Waals surface area contributed by atoms with Crippen molar-refractivity contribution in [2.24, 2.45) is 0 Å². The van der Waals surface area contributed by atoms with Crippen molar-refractivity contribution in [3.63, 3.8) is 0 Å². The molecule has 1 saturated carbocycles. The molecule has 0 aromatic heterocycles. The summed E-state index contributed by atoms with van der Waals surface area (Å²) in [7, 11) is 0. The van der Waals surface area contributed by atoms with Crippen molar-refractivity contribution in [1.29, 1.82) is 0 Å². The van der Waals surface area contributed by atoms with Gasteiger partial charge in [-0.05, 0) is 12.8 Å². The highest BCUT2D eigenvalue weighted by Gasteiger charge is 2.16. The molecule has 0 radical (unpaired) electrons. The van der Waals surface area contributed by atoms with Gasteiger partial charge in [-0.1, -0.05) is 19.3 Å². The van der Waals surface area contributed by atoms with Crippen molar-refractivity contribution >= 4 is 0 Å². The Morgan fingerprint density at radius 1 is 1.07 bits per heavy atom. The molecule has 1 aliphatic carbocycles. The molecule has 2 heterocycles. The number of imidazole rings is 1. The first-order chi connectivity index (χ1) is 7.43. The summed E-state index contributed by atoms with van der Waals surface area (Å²) < 4.78 is 2.20. The van der Waals surface area contributed by atoms with Crippen molar-refractivity contribution in [3.05, 3.63) is 18.9 Å². The highest BCUT2D eigenvalue weighted by atomic mass is 15.1. The summed E-state index contributed by atoms with van der Waals surface area (Å²) in [5.41, 5.74) is 0.906. The number of rotatable bonds is 1. The van der Waals surface area contributed by atoms with E-state index >= 15 is 0 Å². The molecule has 0 unspecified atom stereocenters. The van der Waals surface area contributed by atoms with Crippen LogP contribution in [0.1, 0.15) is 38.1 Å². The lowest BCUT2D eigenvalue weighted by atomic mass is 9.95. The van der Waals surface area contributed by atoms with Crippen LogP contribution in [0.5, 0.6) is 0 Å². The Bertz CT molecular complexity index is 417. The fraction of sp³-hybridized carbons (Fsp3) is 0.545. The first-order valence-corrected chi connectivity index (χ1v) is 5.58. The molecule has 0 spiro atoms. The van der Waals surface area contributed by atoms with Crippen LogP contribution in [-0.2, 0) is 0 Å². The Morgan fingerprint density at radius 2 is 1.93 bits per heavy atom. The number of nitrogens with zero attached hydrogens (tertiary/aromatic N) is 4. The minimum Gasteiger partial charge on any atom is -0.334 e. The maximum Gasteiger partial charge on any atom is 0.182 e. The second-order valence-electron chi connectivity index (χ2n) is 4.20. The fourth-order valence-electron chi connectivity index (χ4n) is 2.33. The van der Waals surface area contributed by atoms with Crippen molar-refractivity contribution in [1.82, 2.24) is 19.5 Å². The summed E-state index contributed by atoms with van der Waals surface area (Å²) in [5, 5.41) is 0. The van der Waals surface area contributed by atoms with Crippen LogP contribution in [0, 0.1) is 0 Å². The summed E-state index contributed by atoms with van der Waals surface area (Å²) in [6.07, 6.45) is 12.1. The molecule has 0 N–H and O–H groups in total. The first kappa shape index (κ1) is 8.83. The highest BCUT2D eigenvalue weighted by Crippen LogP contribution is 2.28. The van der Waals surface area contributed by atoms with E-state index in [1.165, 1.54) is 32.1 Å². The monoisotopic (exact) mass is 202 g/mol. The number of hydrogen-bond donors (Lipinski definition) is 0. The molecule has 4 heteroatoms. The quantitative estimate of drug-likeness (QED) is 0.712. The third kappa shape index (κ3) is 1.60. The van der Waals surface area contributed by atoms with E-state index in [-0.39, 0.29) is 0 Å². The van der Waals surface area contributed by atoms with Crippen LogP contribution in [0.3, 0.4) is 0 Å². The summed E-state index contributed by atoms with van der Waals surface area (Å²) in [5.74, 6) is 0.752. The topological polar surface area (TPSA) is 43.6 Å². The molecule has 3 rings (SSSR count). The van der Waals surface area contributed by atoms with Crippen LogP contribution in [0.2, 0.25) is 0 Å². The summed E-state index contributed by atoms with van der Waals surface area (Å²) in [6.45, 7) is 0. The van der Waals surface area contributed by atoms with Gasteiger partial charge in [0.05, 0.1) is 6.33 Å². The van der Waals surface area contributed by atoms with Gasteiger partial charge in [0.15, 0.2) is 5.82 Å². The summed E-state index contributed by atoms with van der Waals surface area (Å²) in [4.78, 5) is 12.6. The lowest BCUT2D eigenvalue weighted by molar-refractivity contribution is 0.349. The molecular weight excluding hydrogens is 188 g/mol. The van der Waals surface area contributed by atoms with Gasteiger partial charge < -0.3 is 4.57 Å². The zero-order valence-electron chi connectivity index (χ0n) is 8.63. The predicted molar refractivity (Wildman–Crippen MR) is 56.6 cm³/mol. The lowest BCUT2D eigenvalue weighted by Gasteiger charge is -2.24. The van der Waals surface area contributed by atoms with E-state index in [1.54, 1.807) is 6.33 Å². The number of fused-ring (bicyclic) bond motifs is 1. The molecule has 0 aromatic rings. The third-order valence-electron chi connectivity index (χ3n) is 3.19. The third-order valence-corrected chi connectivity index (χ3v) is 3.19. The van der Waals surface area contributed by atoms with Crippen LogP contribution in [-0.4, -0.2) is 19.5 Å². The van der Waals surface area contributed by atoms with Crippen LogP contribution in [0.4, 0.5) is 0 Å². The zero-order chi connectivity index (χ0) is 10.1. The van der Waals surface area contributed by atoms with Gasteiger partial charge in [-0.2, -0.15) is 0 Å². The summed E-state index contributed by atoms with van der Waals surface area (Å²) in [6, 6.07) is 0.618. The molecule has 1 fully saturated rings. The Labute approximate surface area is 88.7 Å². The van der Waals surface area contributed by atoms with E-state index < -0.39 is 0 Å². The first-order valence-electron chi connectivity index (χ1n) is 5.58. The van der Waals surface area contributed by atoms with E-state index in [2.05, 4.69) is 25.7 Å². The van der Waals surface area contributed by atoms with Crippen molar-refractivity contribution in [2.75, 3.05) is 0 Å². The van der Waals surface area contributed by atoms with Gasteiger partial charge in [0, 0.05) is 12.2 Å². The van der Waals surface area contributed by atoms with Gasteiger partial charge in [0.1, 0.15) is 12.0 Å². The van der Waals surface area contributed by atoms with E-state index in [4.69, 9.17) is 0 Å². The number of hydrogen-bond acceptors (Lipinski definition) is 3. The fourth-order valence-corrected chi connectivity index (χ4v) is 2.33. The molecular formula is C11H14N4. The maximum absolute atomic E-state index is 4.31. The number of aromatic nitrogens is 4. The molecule has 0 bridgehead atoms. The SMILES string of the molecule is c1nc2cn(C3CCCCC3)cnc-2n1. The van der Waals surface area contributed by atoms with E-state index in [0.29, 0.717) is 6.04 Å². The zero-order valence-corrected chi connectivity index (χ0v) is 8.63. The minimum absolute atomic E-state index is 0.618. The largest absolute Gasteiger partial charge is 0.334 e. The predicted octanol–water partition coefficient (Wildman–Crippen LogP) is 2.28. The lowest BCUT2D eigenvalue weighted by Crippen LogP contribution is -2.13. The normalized spacial score (nSPS) is 18.4. The van der Waals surface area contributed by atoms with Crippen molar-refractivity contribution in [2.45, 2.75) is 38.1 Å². The molecule has 15 heavy (non-hydrogen) atoms. The van der Waals surface area contributed by atoms with Gasteiger partial charge in [-0.15, -0.1) is 0 Å². The smallest absolute Gasteiger partial charge is 0.182 e. The van der Waals surface area contributed by atoms with Gasteiger partial charge in [-0.3, -0.25) is 0 Å². The van der Waals surface area contributed by atoms with Gasteiger partial charge in [0.25, 0.3) is 0 Å². The molecule has 0 saturated heterocycles. The van der Waals surface area contributed by atoms with Crippen molar-refractivity contribution in [3.8, 4) is 11.5 Å². The minimum atomic E-state index is 0.618. The van der Waals surface area contributed by atoms with Crippen LogP contribution in [0.25, 0.3) is 11.5 Å². The van der Waals surface area contributed by atoms with Crippen LogP contribution < -0.4 is 0 Å². The standard InChI is InChI=1S/C11H14N4/c1-2-4-9(5-3-1)15-6-10-11(14-8-15)13-7-12-10/h6-9H,1-5H2. The molecule has 78 valence electrons. The Morgan fingerprint density at radius 3 is 2.80 bits per heavy atom. The van der Waals surface area contributed by atoms with E-state index in [0.717, 1.165) is 11.5 Å². The Hall–Kier alpha value is -1.45. The molecule has 2 aliphatic heterocycles. The van der Waals surface area contributed by atoms with Gasteiger partial charge in [0.2, 0.25) is 0 Å². The maximum atomic E-state index is 4.31. The highest BCUT2D eigenvalue weighted by molar-refractivity contribution is 5.47. The molecule has 0 atom stereocenters. The average Bonchev–Trinajstić information content (AvgIpc) is 2.77. The van der Waals surface area contributed by atoms with Crippen LogP contribution >= 0.6 is 0 Å². The van der Waals surface area contributed by atoms with Gasteiger partial charge >= 0.3 is 0 Å². The Balaban J connectivity index is 1.93. The summed E-state index contributed by atoms with van der Waals surface area (Å²) >= 11 is 0. The molecule has 0 amide bonds. The van der Waals surface area contributed by atoms with E-state index in [9.17, 15) is 0 Å². The molecule has 4 nitrogen and oxygen atoms in total. The van der Waals surface area contributed by atoms with Gasteiger partial charge in [-0.25, -0.2) is 15.0 Å². The second kappa shape index (κ2) is 3.61. The molecule has 3 aliphatic rings. The van der Waals surface area contributed by atoms with E-state index in [1.807, 2.05) is 6.33 Å².